The van der Waals surface area contributed by atoms with Gasteiger partial charge in [-0.05, 0) is 38.1 Å². The third-order valence-corrected chi connectivity index (χ3v) is 3.78. The zero-order chi connectivity index (χ0) is 17.6. The molecule has 1 aliphatic heterocycles. The van der Waals surface area contributed by atoms with Gasteiger partial charge in [0.2, 0.25) is 0 Å². The molecule has 0 radical (unpaired) electrons. The predicted molar refractivity (Wildman–Crippen MR) is 96.3 cm³/mol. The average molecular weight is 341 g/mol. The number of hydrogen-bond donors (Lipinski definition) is 2. The van der Waals surface area contributed by atoms with Gasteiger partial charge in [0.25, 0.3) is 5.91 Å². The van der Waals surface area contributed by atoms with Crippen LogP contribution in [0, 0.1) is 0 Å². The topological polar surface area (TPSA) is 72.5 Å². The van der Waals surface area contributed by atoms with Crippen molar-refractivity contribution < 1.29 is 14.3 Å². The Balaban J connectivity index is 1.45. The van der Waals surface area contributed by atoms with Gasteiger partial charge in [0.15, 0.2) is 11.5 Å². The van der Waals surface area contributed by atoms with Crippen molar-refractivity contribution >= 4 is 11.7 Å². The standard InChI is InChI=1S/C19H23N3O3/c1-13(2)22-18-8-7-14(11-21-18)19(23)20-10-9-15-12-24-16-5-3-4-6-17(16)25-15/h3-8,11,13,15H,9-10,12H2,1-2H3,(H,20,23)(H,21,22). The summed E-state index contributed by atoms with van der Waals surface area (Å²) in [6, 6.07) is 11.5. The summed E-state index contributed by atoms with van der Waals surface area (Å²) in [6.45, 7) is 5.08. The molecular weight excluding hydrogens is 318 g/mol. The maximum Gasteiger partial charge on any atom is 0.252 e. The van der Waals surface area contributed by atoms with E-state index in [-0.39, 0.29) is 12.0 Å². The number of nitrogens with zero attached hydrogens (tertiary/aromatic N) is 1. The molecule has 0 bridgehead atoms. The molecule has 2 N–H and O–H groups in total. The van der Waals surface area contributed by atoms with E-state index in [2.05, 4.69) is 15.6 Å². The minimum Gasteiger partial charge on any atom is -0.486 e. The highest BCUT2D eigenvalue weighted by molar-refractivity contribution is 5.94. The number of pyridine rings is 1. The van der Waals surface area contributed by atoms with Crippen molar-refractivity contribution in [1.29, 1.82) is 0 Å². The van der Waals surface area contributed by atoms with Crippen molar-refractivity contribution in [3.8, 4) is 11.5 Å². The van der Waals surface area contributed by atoms with Gasteiger partial charge >= 0.3 is 0 Å². The molecule has 3 rings (SSSR count). The first kappa shape index (κ1) is 17.1. The second-order valence-corrected chi connectivity index (χ2v) is 6.27. The Labute approximate surface area is 147 Å². The second kappa shape index (κ2) is 7.88. The number of anilines is 1. The third-order valence-electron chi connectivity index (χ3n) is 3.78. The normalized spacial score (nSPS) is 15.7. The van der Waals surface area contributed by atoms with Crippen LogP contribution in [-0.2, 0) is 0 Å². The van der Waals surface area contributed by atoms with Crippen molar-refractivity contribution in [3.63, 3.8) is 0 Å². The summed E-state index contributed by atoms with van der Waals surface area (Å²) < 4.78 is 11.5. The molecule has 1 amide bonds. The Morgan fingerprint density at radius 1 is 1.24 bits per heavy atom. The van der Waals surface area contributed by atoms with Crippen molar-refractivity contribution in [2.75, 3.05) is 18.5 Å². The lowest BCUT2D eigenvalue weighted by molar-refractivity contribution is 0.0812. The van der Waals surface area contributed by atoms with Crippen molar-refractivity contribution in [2.45, 2.75) is 32.4 Å². The number of aromatic nitrogens is 1. The summed E-state index contributed by atoms with van der Waals surface area (Å²) >= 11 is 0. The van der Waals surface area contributed by atoms with Gasteiger partial charge in [0.05, 0.1) is 5.56 Å². The molecule has 1 atom stereocenters. The Hall–Kier alpha value is -2.76. The number of carbonyl (C=O) groups excluding carboxylic acids is 1. The monoisotopic (exact) mass is 341 g/mol. The molecule has 132 valence electrons. The first-order valence-electron chi connectivity index (χ1n) is 8.51. The number of fused-ring (bicyclic) bond motifs is 1. The van der Waals surface area contributed by atoms with Gasteiger partial charge in [-0.25, -0.2) is 4.98 Å². The fourth-order valence-corrected chi connectivity index (χ4v) is 2.56. The van der Waals surface area contributed by atoms with E-state index in [4.69, 9.17) is 9.47 Å². The number of rotatable bonds is 6. The Morgan fingerprint density at radius 3 is 2.76 bits per heavy atom. The van der Waals surface area contributed by atoms with Crippen LogP contribution in [0.1, 0.15) is 30.6 Å². The summed E-state index contributed by atoms with van der Waals surface area (Å²) in [7, 11) is 0. The molecule has 1 unspecified atom stereocenters. The number of para-hydroxylation sites is 2. The molecule has 1 aliphatic rings. The number of ether oxygens (including phenoxy) is 2. The van der Waals surface area contributed by atoms with E-state index >= 15 is 0 Å². The molecule has 1 aromatic heterocycles. The Kier molecular flexibility index (Phi) is 5.38. The van der Waals surface area contributed by atoms with E-state index in [0.29, 0.717) is 31.2 Å². The maximum absolute atomic E-state index is 12.2. The molecule has 2 aromatic rings. The van der Waals surface area contributed by atoms with Gasteiger partial charge in [-0.3, -0.25) is 4.79 Å². The molecule has 6 heteroatoms. The van der Waals surface area contributed by atoms with Gasteiger partial charge in [-0.15, -0.1) is 0 Å². The highest BCUT2D eigenvalue weighted by Crippen LogP contribution is 2.31. The molecule has 25 heavy (non-hydrogen) atoms. The van der Waals surface area contributed by atoms with Crippen LogP contribution >= 0.6 is 0 Å². The fraction of sp³-hybridized carbons (Fsp3) is 0.368. The van der Waals surface area contributed by atoms with E-state index in [1.54, 1.807) is 12.3 Å². The van der Waals surface area contributed by atoms with E-state index in [1.165, 1.54) is 0 Å². The van der Waals surface area contributed by atoms with Crippen molar-refractivity contribution in [1.82, 2.24) is 10.3 Å². The van der Waals surface area contributed by atoms with Crippen LogP contribution in [0.4, 0.5) is 5.82 Å². The number of carbonyl (C=O) groups is 1. The quantitative estimate of drug-likeness (QED) is 0.845. The molecule has 0 aliphatic carbocycles. The van der Waals surface area contributed by atoms with E-state index in [0.717, 1.165) is 17.3 Å². The van der Waals surface area contributed by atoms with Crippen LogP contribution in [0.15, 0.2) is 42.6 Å². The minimum absolute atomic E-state index is 0.0639. The number of nitrogens with one attached hydrogen (secondary N) is 2. The molecule has 0 spiro atoms. The molecular formula is C19H23N3O3. The number of benzene rings is 1. The lowest BCUT2D eigenvalue weighted by Gasteiger charge is -2.26. The Morgan fingerprint density at radius 2 is 2.04 bits per heavy atom. The summed E-state index contributed by atoms with van der Waals surface area (Å²) in [5.74, 6) is 2.14. The fourth-order valence-electron chi connectivity index (χ4n) is 2.56. The largest absolute Gasteiger partial charge is 0.486 e. The predicted octanol–water partition coefficient (Wildman–Crippen LogP) is 2.86. The van der Waals surface area contributed by atoms with E-state index in [1.807, 2.05) is 44.2 Å². The van der Waals surface area contributed by atoms with Crippen LogP contribution in [0.25, 0.3) is 0 Å². The molecule has 0 saturated carbocycles. The first-order valence-corrected chi connectivity index (χ1v) is 8.51. The molecule has 6 nitrogen and oxygen atoms in total. The first-order chi connectivity index (χ1) is 12.1. The smallest absolute Gasteiger partial charge is 0.252 e. The number of amides is 1. The SMILES string of the molecule is CC(C)Nc1ccc(C(=O)NCCC2COc3ccccc3O2)cn1. The summed E-state index contributed by atoms with van der Waals surface area (Å²) in [6.07, 6.45) is 2.20. The lowest BCUT2D eigenvalue weighted by Crippen LogP contribution is -2.34. The van der Waals surface area contributed by atoms with Gasteiger partial charge in [0, 0.05) is 25.2 Å². The van der Waals surface area contributed by atoms with E-state index in [9.17, 15) is 4.79 Å². The highest BCUT2D eigenvalue weighted by atomic mass is 16.6. The van der Waals surface area contributed by atoms with Gasteiger partial charge < -0.3 is 20.1 Å². The highest BCUT2D eigenvalue weighted by Gasteiger charge is 2.20. The maximum atomic E-state index is 12.2. The molecule has 1 aromatic carbocycles. The van der Waals surface area contributed by atoms with Crippen molar-refractivity contribution in [2.24, 2.45) is 0 Å². The van der Waals surface area contributed by atoms with Crippen LogP contribution in [-0.4, -0.2) is 36.2 Å². The zero-order valence-electron chi connectivity index (χ0n) is 14.5. The number of hydrogen-bond acceptors (Lipinski definition) is 5. The van der Waals surface area contributed by atoms with Crippen LogP contribution in [0.5, 0.6) is 11.5 Å². The van der Waals surface area contributed by atoms with E-state index < -0.39 is 0 Å². The van der Waals surface area contributed by atoms with Crippen LogP contribution in [0.2, 0.25) is 0 Å². The Bertz CT molecular complexity index is 716. The average Bonchev–Trinajstić information content (AvgIpc) is 2.61. The minimum atomic E-state index is -0.138. The summed E-state index contributed by atoms with van der Waals surface area (Å²) in [4.78, 5) is 16.4. The summed E-state index contributed by atoms with van der Waals surface area (Å²) in [5.41, 5.74) is 0.542. The van der Waals surface area contributed by atoms with Gasteiger partial charge in [-0.1, -0.05) is 12.1 Å². The van der Waals surface area contributed by atoms with Crippen LogP contribution in [0.3, 0.4) is 0 Å². The molecule has 0 fully saturated rings. The second-order valence-electron chi connectivity index (χ2n) is 6.27. The lowest BCUT2D eigenvalue weighted by atomic mass is 10.2. The molecule has 0 saturated heterocycles. The van der Waals surface area contributed by atoms with Gasteiger partial charge in [0.1, 0.15) is 18.5 Å². The van der Waals surface area contributed by atoms with Crippen LogP contribution < -0.4 is 20.1 Å². The third kappa shape index (κ3) is 4.62. The molecule has 2 heterocycles. The van der Waals surface area contributed by atoms with Gasteiger partial charge in [-0.2, -0.15) is 0 Å². The van der Waals surface area contributed by atoms with Crippen molar-refractivity contribution in [3.05, 3.63) is 48.2 Å². The zero-order valence-corrected chi connectivity index (χ0v) is 14.5. The summed E-state index contributed by atoms with van der Waals surface area (Å²) in [5, 5.41) is 6.09.